The fourth-order valence-electron chi connectivity index (χ4n) is 5.92. The Hall–Kier alpha value is -3.49. The van der Waals surface area contributed by atoms with E-state index in [2.05, 4.69) is 9.88 Å². The van der Waals surface area contributed by atoms with E-state index >= 15 is 0 Å². The average Bonchev–Trinajstić information content (AvgIpc) is 3.51. The third-order valence-corrected chi connectivity index (χ3v) is 8.02. The maximum atomic E-state index is 14.9. The van der Waals surface area contributed by atoms with Crippen LogP contribution in [0.25, 0.3) is 22.7 Å². The molecule has 3 aromatic rings. The van der Waals surface area contributed by atoms with Crippen molar-refractivity contribution in [3.8, 4) is 5.75 Å². The molecule has 1 aromatic heterocycles. The Balaban J connectivity index is 1.42. The van der Waals surface area contributed by atoms with E-state index in [0.717, 1.165) is 39.9 Å². The molecule has 0 radical (unpaired) electrons. The first-order valence-electron chi connectivity index (χ1n) is 13.1. The van der Waals surface area contributed by atoms with Gasteiger partial charge in [0, 0.05) is 36.7 Å². The molecule has 8 heteroatoms. The minimum Gasteiger partial charge on any atom is -0.488 e. The number of rotatable bonds is 7. The molecule has 1 saturated carbocycles. The summed E-state index contributed by atoms with van der Waals surface area (Å²) in [6.07, 6.45) is 5.90. The van der Waals surface area contributed by atoms with Crippen molar-refractivity contribution in [3.63, 3.8) is 0 Å². The number of aliphatic hydroxyl groups is 1. The summed E-state index contributed by atoms with van der Waals surface area (Å²) in [5, 5.41) is 9.32. The van der Waals surface area contributed by atoms with Crippen molar-refractivity contribution in [2.75, 3.05) is 32.8 Å². The van der Waals surface area contributed by atoms with Crippen molar-refractivity contribution in [2.24, 2.45) is 5.92 Å². The predicted octanol–water partition coefficient (Wildman–Crippen LogP) is 4.87. The van der Waals surface area contributed by atoms with Crippen LogP contribution in [0.2, 0.25) is 0 Å². The standard InChI is InChI=1S/C30H31F2N3O3/c1-3-34(10-11-36)16-18(2)35-27-7-4-19(13-26(27)33-29(35)37)12-23-21-8-9-30(32)15-25(30)24(21)17-38-28-14-20(31)5-6-22(23)28/h4-9,12-14,18,25,36H,3,10-11,15-17H2,1-2H3,(H,33,37)/b23-12+/t18-,25?,30?/m1/s1. The summed E-state index contributed by atoms with van der Waals surface area (Å²) in [5.74, 6) is -0.172. The average molecular weight is 520 g/mol. The van der Waals surface area contributed by atoms with Crippen LogP contribution in [0, 0.1) is 11.7 Å². The highest BCUT2D eigenvalue weighted by atomic mass is 19.1. The number of hydrogen-bond donors (Lipinski definition) is 2. The highest BCUT2D eigenvalue weighted by Crippen LogP contribution is 2.58. The molecule has 198 valence electrons. The second-order valence-corrected chi connectivity index (χ2v) is 10.5. The summed E-state index contributed by atoms with van der Waals surface area (Å²) in [5.41, 5.74) is 4.27. The van der Waals surface area contributed by atoms with Crippen molar-refractivity contribution in [1.29, 1.82) is 0 Å². The Kier molecular flexibility index (Phi) is 6.12. The number of hydrogen-bond acceptors (Lipinski definition) is 4. The number of H-pyrrole nitrogens is 1. The van der Waals surface area contributed by atoms with Crippen LogP contribution in [0.3, 0.4) is 0 Å². The lowest BCUT2D eigenvalue weighted by Gasteiger charge is -2.24. The van der Waals surface area contributed by atoms with Crippen LogP contribution in [0.15, 0.2) is 64.5 Å². The molecule has 0 spiro atoms. The molecule has 2 unspecified atom stereocenters. The minimum absolute atomic E-state index is 0.0720. The monoisotopic (exact) mass is 519 g/mol. The number of imidazole rings is 1. The summed E-state index contributed by atoms with van der Waals surface area (Å²) in [4.78, 5) is 18.0. The Morgan fingerprint density at radius 2 is 2.16 bits per heavy atom. The molecular weight excluding hydrogens is 488 g/mol. The second kappa shape index (κ2) is 9.36. The highest BCUT2D eigenvalue weighted by molar-refractivity contribution is 5.97. The zero-order valence-corrected chi connectivity index (χ0v) is 21.5. The molecule has 1 aliphatic heterocycles. The molecule has 6 nitrogen and oxygen atoms in total. The summed E-state index contributed by atoms with van der Waals surface area (Å²) in [6.45, 7) is 6.31. The normalized spacial score (nSPS) is 23.7. The van der Waals surface area contributed by atoms with Gasteiger partial charge in [0.1, 0.15) is 23.8 Å². The van der Waals surface area contributed by atoms with Crippen molar-refractivity contribution >= 4 is 22.7 Å². The minimum atomic E-state index is -1.31. The predicted molar refractivity (Wildman–Crippen MR) is 144 cm³/mol. The third-order valence-electron chi connectivity index (χ3n) is 8.02. The lowest BCUT2D eigenvalue weighted by Crippen LogP contribution is -2.34. The molecule has 2 aromatic carbocycles. The molecule has 0 bridgehead atoms. The van der Waals surface area contributed by atoms with Gasteiger partial charge in [-0.1, -0.05) is 19.1 Å². The van der Waals surface area contributed by atoms with Gasteiger partial charge >= 0.3 is 5.69 Å². The van der Waals surface area contributed by atoms with Crippen molar-refractivity contribution in [1.82, 2.24) is 14.5 Å². The van der Waals surface area contributed by atoms with Gasteiger partial charge in [-0.15, -0.1) is 0 Å². The molecule has 3 atom stereocenters. The van der Waals surface area contributed by atoms with E-state index in [9.17, 15) is 18.7 Å². The number of fused-ring (bicyclic) bond motifs is 4. The number of likely N-dealkylation sites (N-methyl/N-ethyl adjacent to an activating group) is 1. The van der Waals surface area contributed by atoms with E-state index < -0.39 is 5.67 Å². The number of benzene rings is 2. The SMILES string of the molecule is CCN(CCO)C[C@@H](C)n1c(=O)[nH]c2cc(/C=C3\C4=C(COc5cc(F)ccc53)C3CC3(F)C=C4)ccc21. The van der Waals surface area contributed by atoms with E-state index in [1.807, 2.05) is 44.2 Å². The van der Waals surface area contributed by atoms with Gasteiger partial charge in [0.25, 0.3) is 0 Å². The highest BCUT2D eigenvalue weighted by Gasteiger charge is 2.57. The first-order valence-corrected chi connectivity index (χ1v) is 13.1. The zero-order valence-electron chi connectivity index (χ0n) is 21.5. The maximum absolute atomic E-state index is 14.9. The maximum Gasteiger partial charge on any atom is 0.326 e. The first-order chi connectivity index (χ1) is 18.3. The van der Waals surface area contributed by atoms with Crippen LogP contribution in [0.4, 0.5) is 8.78 Å². The van der Waals surface area contributed by atoms with Crippen LogP contribution in [0.5, 0.6) is 5.75 Å². The Labute approximate surface area is 219 Å². The molecule has 2 N–H and O–H groups in total. The van der Waals surface area contributed by atoms with Gasteiger partial charge in [0.2, 0.25) is 0 Å². The Morgan fingerprint density at radius 3 is 2.95 bits per heavy atom. The van der Waals surface area contributed by atoms with Gasteiger partial charge in [0.15, 0.2) is 0 Å². The Bertz CT molecular complexity index is 1570. The van der Waals surface area contributed by atoms with Crippen molar-refractivity contribution in [3.05, 3.63) is 87.1 Å². The molecule has 2 heterocycles. The summed E-state index contributed by atoms with van der Waals surface area (Å²) < 4.78 is 36.7. The first kappa shape index (κ1) is 24.8. The smallest absolute Gasteiger partial charge is 0.326 e. The number of aromatic nitrogens is 2. The van der Waals surface area contributed by atoms with Crippen LogP contribution in [-0.2, 0) is 0 Å². The number of alkyl halides is 1. The zero-order chi connectivity index (χ0) is 26.6. The molecule has 0 amide bonds. The van der Waals surface area contributed by atoms with Gasteiger partial charge < -0.3 is 14.8 Å². The third kappa shape index (κ3) is 4.22. The van der Waals surface area contributed by atoms with Gasteiger partial charge in [0.05, 0.1) is 17.6 Å². The quantitative estimate of drug-likeness (QED) is 0.467. The van der Waals surface area contributed by atoms with E-state index in [1.54, 1.807) is 16.7 Å². The van der Waals surface area contributed by atoms with E-state index in [1.165, 1.54) is 12.1 Å². The second-order valence-electron chi connectivity index (χ2n) is 10.5. The Morgan fingerprint density at radius 1 is 1.32 bits per heavy atom. The molecule has 0 saturated heterocycles. The van der Waals surface area contributed by atoms with Crippen molar-refractivity contribution in [2.45, 2.75) is 32.0 Å². The largest absolute Gasteiger partial charge is 0.488 e. The van der Waals surface area contributed by atoms with E-state index in [-0.39, 0.29) is 36.7 Å². The van der Waals surface area contributed by atoms with Gasteiger partial charge in [-0.25, -0.2) is 13.6 Å². The van der Waals surface area contributed by atoms with E-state index in [0.29, 0.717) is 30.8 Å². The van der Waals surface area contributed by atoms with Crippen LogP contribution < -0.4 is 10.4 Å². The molecule has 2 aliphatic carbocycles. The fourth-order valence-corrected chi connectivity index (χ4v) is 5.92. The van der Waals surface area contributed by atoms with Gasteiger partial charge in [-0.3, -0.25) is 9.47 Å². The van der Waals surface area contributed by atoms with Crippen LogP contribution >= 0.6 is 0 Å². The lowest BCUT2D eigenvalue weighted by atomic mass is 9.87. The van der Waals surface area contributed by atoms with Crippen LogP contribution in [-0.4, -0.2) is 58.1 Å². The lowest BCUT2D eigenvalue weighted by molar-refractivity contribution is 0.186. The number of allylic oxidation sites excluding steroid dienone is 4. The number of nitrogens with one attached hydrogen (secondary N) is 1. The van der Waals surface area contributed by atoms with Gasteiger partial charge in [-0.2, -0.15) is 0 Å². The molecule has 38 heavy (non-hydrogen) atoms. The number of ether oxygens (including phenoxy) is 1. The van der Waals surface area contributed by atoms with Gasteiger partial charge in [-0.05, 0) is 78.6 Å². The van der Waals surface area contributed by atoms with Crippen LogP contribution in [0.1, 0.15) is 37.4 Å². The number of aliphatic hydroxyl groups excluding tert-OH is 1. The summed E-state index contributed by atoms with van der Waals surface area (Å²) >= 11 is 0. The number of aromatic amines is 1. The molecule has 6 rings (SSSR count). The topological polar surface area (TPSA) is 70.5 Å². The number of halogens is 2. The summed E-state index contributed by atoms with van der Waals surface area (Å²) in [6, 6.07) is 10.2. The molecular formula is C30H31F2N3O3. The molecule has 3 aliphatic rings. The fraction of sp³-hybridized carbons (Fsp3) is 0.367. The molecule has 1 fully saturated rings. The van der Waals surface area contributed by atoms with E-state index in [4.69, 9.17) is 4.74 Å². The number of nitrogens with zero attached hydrogens (tertiary/aromatic N) is 2. The summed E-state index contributed by atoms with van der Waals surface area (Å²) in [7, 11) is 0. The van der Waals surface area contributed by atoms with Crippen molar-refractivity contribution < 1.29 is 18.6 Å².